The van der Waals surface area contributed by atoms with Crippen molar-refractivity contribution in [3.63, 3.8) is 0 Å². The first-order chi connectivity index (χ1) is 27.8. The number of carbonyl (C=O) groups is 3. The maximum absolute atomic E-state index is 13.2. The number of hydrogen-bond donors (Lipinski definition) is 5. The predicted molar refractivity (Wildman–Crippen MR) is 220 cm³/mol. The molecule has 3 saturated heterocycles. The highest BCUT2D eigenvalue weighted by Crippen LogP contribution is 2.40. The van der Waals surface area contributed by atoms with Crippen molar-refractivity contribution in [3.05, 3.63) is 125 Å². The lowest BCUT2D eigenvalue weighted by molar-refractivity contribution is -0.253. The van der Waals surface area contributed by atoms with Crippen molar-refractivity contribution in [1.82, 2.24) is 15.5 Å². The van der Waals surface area contributed by atoms with E-state index < -0.39 is 11.8 Å². The number of para-hydroxylation sites is 3. The van der Waals surface area contributed by atoms with Gasteiger partial charge in [-0.1, -0.05) is 85.3 Å². The van der Waals surface area contributed by atoms with Crippen molar-refractivity contribution >= 4 is 34.8 Å². The van der Waals surface area contributed by atoms with Gasteiger partial charge in [0.15, 0.2) is 6.29 Å². The lowest BCUT2D eigenvalue weighted by Crippen LogP contribution is -2.57. The van der Waals surface area contributed by atoms with E-state index in [-0.39, 0.29) is 36.5 Å². The molecule has 0 aliphatic carbocycles. The first-order valence-electron chi connectivity index (χ1n) is 20.1. The second-order valence-electron chi connectivity index (χ2n) is 15.3. The number of aliphatic hydroxyl groups is 1. The minimum atomic E-state index is -0.590. The molecule has 0 radical (unpaired) electrons. The third kappa shape index (κ3) is 10.0. The summed E-state index contributed by atoms with van der Waals surface area (Å²) in [6.45, 7) is 3.18. The Morgan fingerprint density at radius 2 is 1.47 bits per heavy atom. The number of nitrogens with two attached hydrogens (primary N) is 1. The number of carbonyl (C=O) groups excluding carboxylic acids is 3. The molecular formula is C45H54N6O6. The molecule has 3 heterocycles. The molecule has 0 unspecified atom stereocenters. The second-order valence-corrected chi connectivity index (χ2v) is 15.3. The number of ether oxygens (including phenoxy) is 2. The molecule has 7 rings (SSSR count). The molecule has 0 bridgehead atoms. The van der Waals surface area contributed by atoms with Gasteiger partial charge in [-0.15, -0.1) is 0 Å². The van der Waals surface area contributed by atoms with Crippen molar-refractivity contribution in [2.75, 3.05) is 42.3 Å². The Labute approximate surface area is 334 Å². The van der Waals surface area contributed by atoms with E-state index in [4.69, 9.17) is 15.2 Å². The number of nitrogen functional groups attached to an aromatic ring is 1. The molecule has 3 atom stereocenters. The molecule has 12 heteroatoms. The smallest absolute Gasteiger partial charge is 0.247 e. The third-order valence-electron chi connectivity index (χ3n) is 11.4. The Hall–Kier alpha value is -5.27. The van der Waals surface area contributed by atoms with E-state index >= 15 is 0 Å². The largest absolute Gasteiger partial charge is 0.397 e. The van der Waals surface area contributed by atoms with Crippen LogP contribution in [0.3, 0.4) is 0 Å². The molecule has 300 valence electrons. The third-order valence-corrected chi connectivity index (χ3v) is 11.4. The van der Waals surface area contributed by atoms with Crippen LogP contribution in [-0.4, -0.2) is 65.7 Å². The van der Waals surface area contributed by atoms with Crippen LogP contribution in [0.15, 0.2) is 103 Å². The number of anilines is 3. The van der Waals surface area contributed by atoms with Crippen molar-refractivity contribution in [2.45, 2.75) is 88.6 Å². The minimum absolute atomic E-state index is 0.0185. The molecule has 6 N–H and O–H groups in total. The number of nitrogens with one attached hydrogen (secondary N) is 3. The molecule has 3 aliphatic rings. The number of rotatable bonds is 15. The number of amides is 3. The van der Waals surface area contributed by atoms with Gasteiger partial charge >= 0.3 is 0 Å². The van der Waals surface area contributed by atoms with Crippen molar-refractivity contribution in [2.24, 2.45) is 0 Å². The molecule has 0 saturated carbocycles. The van der Waals surface area contributed by atoms with Crippen LogP contribution >= 0.6 is 0 Å². The zero-order valence-corrected chi connectivity index (χ0v) is 32.4. The fourth-order valence-electron chi connectivity index (χ4n) is 8.11. The molecule has 57 heavy (non-hydrogen) atoms. The van der Waals surface area contributed by atoms with Gasteiger partial charge in [-0.05, 0) is 66.6 Å². The summed E-state index contributed by atoms with van der Waals surface area (Å²) < 4.78 is 13.3. The fourth-order valence-corrected chi connectivity index (χ4v) is 8.11. The normalized spacial score (nSPS) is 20.6. The summed E-state index contributed by atoms with van der Waals surface area (Å²) in [6.07, 6.45) is 4.17. The Morgan fingerprint density at radius 1 is 0.807 bits per heavy atom. The minimum Gasteiger partial charge on any atom is -0.397 e. The summed E-state index contributed by atoms with van der Waals surface area (Å²) in [6, 6.07) is 33.2. The van der Waals surface area contributed by atoms with E-state index in [1.54, 1.807) is 12.1 Å². The number of likely N-dealkylation sites (tertiary alicyclic amines) is 1. The molecule has 3 fully saturated rings. The Kier molecular flexibility index (Phi) is 13.2. The van der Waals surface area contributed by atoms with Crippen molar-refractivity contribution in [3.8, 4) is 0 Å². The quantitative estimate of drug-likeness (QED) is 0.0729. The van der Waals surface area contributed by atoms with Gasteiger partial charge in [0.2, 0.25) is 17.7 Å². The SMILES string of the molecule is Nc1ccccc1NC(=O)CCCCCC(=O)NCc1ccc([C@@H]2O[C@H](CN3CCC4(CC3)C(=O)NCN4c3ccccc3)C[C@H](c3ccc(CO)cc3)O2)cc1. The zero-order valence-electron chi connectivity index (χ0n) is 32.4. The second kappa shape index (κ2) is 18.8. The number of piperidine rings is 1. The Bertz CT molecular complexity index is 1950. The lowest BCUT2D eigenvalue weighted by Gasteiger charge is -2.45. The van der Waals surface area contributed by atoms with Crippen LogP contribution in [0.5, 0.6) is 0 Å². The number of benzene rings is 4. The molecule has 4 aromatic carbocycles. The molecule has 12 nitrogen and oxygen atoms in total. The van der Waals surface area contributed by atoms with Crippen LogP contribution in [0.2, 0.25) is 0 Å². The van der Waals surface area contributed by atoms with Gasteiger partial charge in [0.1, 0.15) is 5.54 Å². The Morgan fingerprint density at radius 3 is 2.19 bits per heavy atom. The summed E-state index contributed by atoms with van der Waals surface area (Å²) in [5, 5.41) is 18.6. The van der Waals surface area contributed by atoms with Crippen molar-refractivity contribution in [1.29, 1.82) is 0 Å². The first kappa shape index (κ1) is 39.9. The van der Waals surface area contributed by atoms with E-state index in [9.17, 15) is 19.5 Å². The van der Waals surface area contributed by atoms with Gasteiger partial charge in [0.25, 0.3) is 0 Å². The summed E-state index contributed by atoms with van der Waals surface area (Å²) in [5.74, 6) is -0.00583. The highest BCUT2D eigenvalue weighted by Gasteiger charge is 2.50. The van der Waals surface area contributed by atoms with E-state index in [1.165, 1.54) is 0 Å². The molecule has 4 aromatic rings. The van der Waals surface area contributed by atoms with Gasteiger partial charge in [-0.2, -0.15) is 0 Å². The van der Waals surface area contributed by atoms with Crippen LogP contribution < -0.4 is 26.6 Å². The monoisotopic (exact) mass is 774 g/mol. The molecule has 3 amide bonds. The lowest BCUT2D eigenvalue weighted by atomic mass is 9.85. The zero-order chi connectivity index (χ0) is 39.6. The molecule has 3 aliphatic heterocycles. The standard InChI is InChI=1S/C45H54N6O6/c46-38-11-7-8-12-39(38)49-42(54)14-6-2-5-13-41(53)47-28-32-15-21-35(22-16-32)43-56-37(27-40(57-43)34-19-17-33(30-52)18-20-34)29-50-25-23-45(24-26-50)44(55)48-31-51(45)36-9-3-1-4-10-36/h1,3-4,7-12,15-22,37,40,43,52H,2,5-6,13-14,23-31,46H2,(H,47,53)(H,48,55)(H,49,54)/t37-,40+,43+/m0/s1. The van der Waals surface area contributed by atoms with Crippen molar-refractivity contribution < 1.29 is 29.0 Å². The molecular weight excluding hydrogens is 721 g/mol. The highest BCUT2D eigenvalue weighted by atomic mass is 16.7. The van der Waals surface area contributed by atoms with Crippen LogP contribution in [0.1, 0.15) is 86.0 Å². The van der Waals surface area contributed by atoms with E-state index in [0.29, 0.717) is 63.2 Å². The van der Waals surface area contributed by atoms with E-state index in [2.05, 4.69) is 37.9 Å². The summed E-state index contributed by atoms with van der Waals surface area (Å²) in [4.78, 5) is 42.7. The maximum Gasteiger partial charge on any atom is 0.247 e. The van der Waals surface area contributed by atoms with Crippen LogP contribution in [0.4, 0.5) is 17.1 Å². The highest BCUT2D eigenvalue weighted by molar-refractivity contribution is 5.94. The van der Waals surface area contributed by atoms with E-state index in [1.807, 2.05) is 78.9 Å². The average Bonchev–Trinajstić information content (AvgIpc) is 3.56. The molecule has 1 spiro atoms. The Balaban J connectivity index is 0.906. The molecule has 0 aromatic heterocycles. The number of aliphatic hydroxyl groups excluding tert-OH is 1. The van der Waals surface area contributed by atoms with Gasteiger partial charge in [0.05, 0.1) is 36.9 Å². The topological polar surface area (TPSA) is 158 Å². The van der Waals surface area contributed by atoms with Crippen LogP contribution in [-0.2, 0) is 37.0 Å². The number of unbranched alkanes of at least 4 members (excludes halogenated alkanes) is 2. The van der Waals surface area contributed by atoms with E-state index in [0.717, 1.165) is 60.3 Å². The van der Waals surface area contributed by atoms with Gasteiger partial charge in [0, 0.05) is 56.7 Å². The first-order valence-corrected chi connectivity index (χ1v) is 20.1. The van der Waals surface area contributed by atoms with Gasteiger partial charge in [-0.3, -0.25) is 14.4 Å². The number of nitrogens with zero attached hydrogens (tertiary/aromatic N) is 2. The van der Waals surface area contributed by atoms with Gasteiger partial charge in [-0.25, -0.2) is 0 Å². The predicted octanol–water partition coefficient (Wildman–Crippen LogP) is 5.94. The summed E-state index contributed by atoms with van der Waals surface area (Å²) in [5.41, 5.74) is 11.3. The fraction of sp³-hybridized carbons (Fsp3) is 0.400. The summed E-state index contributed by atoms with van der Waals surface area (Å²) in [7, 11) is 0. The van der Waals surface area contributed by atoms with Gasteiger partial charge < -0.3 is 46.1 Å². The maximum atomic E-state index is 13.2. The van der Waals surface area contributed by atoms with Crippen LogP contribution in [0, 0.1) is 0 Å². The number of hydrogen-bond acceptors (Lipinski definition) is 9. The average molecular weight is 775 g/mol. The summed E-state index contributed by atoms with van der Waals surface area (Å²) >= 11 is 0. The van der Waals surface area contributed by atoms with Crippen LogP contribution in [0.25, 0.3) is 0 Å².